The van der Waals surface area contributed by atoms with Crippen molar-refractivity contribution < 1.29 is 13.2 Å². The molecule has 0 saturated carbocycles. The maximum atomic E-state index is 12.4. The quantitative estimate of drug-likeness (QED) is 0.734. The average molecular weight is 217 g/mol. The second kappa shape index (κ2) is 4.23. The Morgan fingerprint density at radius 2 is 1.80 bits per heavy atom. The summed E-state index contributed by atoms with van der Waals surface area (Å²) in [6.07, 6.45) is -4.26. The summed E-state index contributed by atoms with van der Waals surface area (Å²) >= 11 is 0. The zero-order valence-electron chi connectivity index (χ0n) is 8.97. The minimum absolute atomic E-state index is 0.0210. The van der Waals surface area contributed by atoms with Gasteiger partial charge >= 0.3 is 6.18 Å². The molecule has 1 nitrogen and oxygen atoms in total. The average Bonchev–Trinajstić information content (AvgIpc) is 2.15. The van der Waals surface area contributed by atoms with E-state index in [2.05, 4.69) is 0 Å². The molecule has 0 bridgehead atoms. The Balaban J connectivity index is 3.03. The molecule has 0 aliphatic heterocycles. The minimum atomic E-state index is -4.26. The smallest absolute Gasteiger partial charge is 0.303 e. The Morgan fingerprint density at radius 3 is 2.27 bits per heavy atom. The lowest BCUT2D eigenvalue weighted by Crippen LogP contribution is -2.17. The van der Waals surface area contributed by atoms with Crippen molar-refractivity contribution in [2.24, 2.45) is 0 Å². The lowest BCUT2D eigenvalue weighted by atomic mass is 10.0. The highest BCUT2D eigenvalue weighted by atomic mass is 19.4. The molecular formula is C11H14F3N. The molecule has 1 unspecified atom stereocenters. The first kappa shape index (κ1) is 12.0. The summed E-state index contributed by atoms with van der Waals surface area (Å²) in [5.41, 5.74) is 0.0866. The SMILES string of the molecule is CC(c1cccc(C(F)(F)F)c1)N(C)C. The molecule has 1 aromatic carbocycles. The topological polar surface area (TPSA) is 3.24 Å². The van der Waals surface area contributed by atoms with Crippen LogP contribution in [0.4, 0.5) is 13.2 Å². The van der Waals surface area contributed by atoms with Crippen molar-refractivity contribution in [3.8, 4) is 0 Å². The van der Waals surface area contributed by atoms with Gasteiger partial charge in [-0.2, -0.15) is 13.2 Å². The fourth-order valence-corrected chi connectivity index (χ4v) is 1.27. The molecule has 0 fully saturated rings. The molecule has 84 valence electrons. The highest BCUT2D eigenvalue weighted by molar-refractivity contribution is 5.27. The summed E-state index contributed by atoms with van der Waals surface area (Å²) in [6, 6.07) is 5.42. The molecule has 1 aromatic rings. The zero-order valence-corrected chi connectivity index (χ0v) is 8.97. The normalized spacial score (nSPS) is 14.3. The van der Waals surface area contributed by atoms with Crippen LogP contribution in [0.25, 0.3) is 0 Å². The summed E-state index contributed by atoms with van der Waals surface area (Å²) < 4.78 is 37.3. The van der Waals surface area contributed by atoms with Crippen LogP contribution < -0.4 is 0 Å². The van der Waals surface area contributed by atoms with Gasteiger partial charge < -0.3 is 4.90 Å². The Hall–Kier alpha value is -1.03. The molecule has 0 aliphatic carbocycles. The minimum Gasteiger partial charge on any atom is -0.303 e. The van der Waals surface area contributed by atoms with Gasteiger partial charge in [-0.25, -0.2) is 0 Å². The van der Waals surface area contributed by atoms with Gasteiger partial charge in [0.25, 0.3) is 0 Å². The number of nitrogens with zero attached hydrogens (tertiary/aromatic N) is 1. The number of halogens is 3. The lowest BCUT2D eigenvalue weighted by Gasteiger charge is -2.21. The number of alkyl halides is 3. The number of rotatable bonds is 2. The molecule has 15 heavy (non-hydrogen) atoms. The monoisotopic (exact) mass is 217 g/mol. The zero-order chi connectivity index (χ0) is 11.6. The lowest BCUT2D eigenvalue weighted by molar-refractivity contribution is -0.137. The van der Waals surface area contributed by atoms with Gasteiger partial charge in [0.05, 0.1) is 5.56 Å². The molecule has 0 amide bonds. The molecule has 1 rings (SSSR count). The molecule has 0 aliphatic rings. The molecule has 0 aromatic heterocycles. The van der Waals surface area contributed by atoms with Crippen molar-refractivity contribution in [3.05, 3.63) is 35.4 Å². The van der Waals surface area contributed by atoms with Crippen LogP contribution in [0.15, 0.2) is 24.3 Å². The summed E-state index contributed by atoms with van der Waals surface area (Å²) in [5, 5.41) is 0. The maximum Gasteiger partial charge on any atom is 0.416 e. The van der Waals surface area contributed by atoms with Crippen LogP contribution in [0.1, 0.15) is 24.1 Å². The van der Waals surface area contributed by atoms with E-state index in [-0.39, 0.29) is 6.04 Å². The van der Waals surface area contributed by atoms with Gasteiger partial charge in [-0.1, -0.05) is 12.1 Å². The fourth-order valence-electron chi connectivity index (χ4n) is 1.27. The second-order valence-electron chi connectivity index (χ2n) is 3.76. The van der Waals surface area contributed by atoms with Gasteiger partial charge in [-0.05, 0) is 38.7 Å². The van der Waals surface area contributed by atoms with E-state index in [0.29, 0.717) is 5.56 Å². The first-order valence-corrected chi connectivity index (χ1v) is 4.66. The van der Waals surface area contributed by atoms with Gasteiger partial charge in [0.15, 0.2) is 0 Å². The predicted molar refractivity (Wildman–Crippen MR) is 53.5 cm³/mol. The third kappa shape index (κ3) is 2.96. The van der Waals surface area contributed by atoms with Crippen molar-refractivity contribution in [1.29, 1.82) is 0 Å². The van der Waals surface area contributed by atoms with Crippen LogP contribution in [0, 0.1) is 0 Å². The molecule has 0 N–H and O–H groups in total. The summed E-state index contributed by atoms with van der Waals surface area (Å²) in [6.45, 7) is 1.87. The third-order valence-corrected chi connectivity index (χ3v) is 2.47. The Morgan fingerprint density at radius 1 is 1.20 bits per heavy atom. The third-order valence-electron chi connectivity index (χ3n) is 2.47. The molecule has 0 spiro atoms. The fraction of sp³-hybridized carbons (Fsp3) is 0.455. The van der Waals surface area contributed by atoms with Crippen LogP contribution in [-0.2, 0) is 6.18 Å². The predicted octanol–water partition coefficient (Wildman–Crippen LogP) is 3.33. The van der Waals surface area contributed by atoms with E-state index in [1.165, 1.54) is 12.1 Å². The summed E-state index contributed by atoms with van der Waals surface area (Å²) in [5.74, 6) is 0. The van der Waals surface area contributed by atoms with Gasteiger partial charge in [-0.15, -0.1) is 0 Å². The van der Waals surface area contributed by atoms with E-state index < -0.39 is 11.7 Å². The van der Waals surface area contributed by atoms with Crippen LogP contribution in [0.5, 0.6) is 0 Å². The van der Waals surface area contributed by atoms with Gasteiger partial charge in [-0.3, -0.25) is 0 Å². The Labute approximate surface area is 87.5 Å². The van der Waals surface area contributed by atoms with E-state index in [0.717, 1.165) is 6.07 Å². The Kier molecular flexibility index (Phi) is 3.39. The molecule has 1 atom stereocenters. The second-order valence-corrected chi connectivity index (χ2v) is 3.76. The van der Waals surface area contributed by atoms with Crippen molar-refractivity contribution >= 4 is 0 Å². The summed E-state index contributed by atoms with van der Waals surface area (Å²) in [4.78, 5) is 1.87. The number of hydrogen-bond acceptors (Lipinski definition) is 1. The number of hydrogen-bond donors (Lipinski definition) is 0. The number of benzene rings is 1. The van der Waals surface area contributed by atoms with E-state index in [1.807, 2.05) is 25.9 Å². The van der Waals surface area contributed by atoms with Gasteiger partial charge in [0, 0.05) is 6.04 Å². The van der Waals surface area contributed by atoms with Crippen molar-refractivity contribution in [3.63, 3.8) is 0 Å². The largest absolute Gasteiger partial charge is 0.416 e. The van der Waals surface area contributed by atoms with E-state index in [9.17, 15) is 13.2 Å². The van der Waals surface area contributed by atoms with Crippen LogP contribution >= 0.6 is 0 Å². The Bertz CT molecular complexity index is 331. The van der Waals surface area contributed by atoms with Gasteiger partial charge in [0.2, 0.25) is 0 Å². The standard InChI is InChI=1S/C11H14F3N/c1-8(15(2)3)9-5-4-6-10(7-9)11(12,13)14/h4-8H,1-3H3. The molecule has 4 heteroatoms. The highest BCUT2D eigenvalue weighted by Crippen LogP contribution is 2.31. The van der Waals surface area contributed by atoms with Crippen LogP contribution in [0.2, 0.25) is 0 Å². The van der Waals surface area contributed by atoms with Crippen molar-refractivity contribution in [2.45, 2.75) is 19.1 Å². The van der Waals surface area contributed by atoms with E-state index >= 15 is 0 Å². The molecule has 0 heterocycles. The summed E-state index contributed by atoms with van der Waals surface area (Å²) in [7, 11) is 3.68. The van der Waals surface area contributed by atoms with Crippen molar-refractivity contribution in [2.75, 3.05) is 14.1 Å². The maximum absolute atomic E-state index is 12.4. The highest BCUT2D eigenvalue weighted by Gasteiger charge is 2.30. The molecular weight excluding hydrogens is 203 g/mol. The first-order valence-electron chi connectivity index (χ1n) is 4.66. The first-order chi connectivity index (χ1) is 6.82. The van der Waals surface area contributed by atoms with Gasteiger partial charge in [0.1, 0.15) is 0 Å². The van der Waals surface area contributed by atoms with Crippen molar-refractivity contribution in [1.82, 2.24) is 4.90 Å². The molecule has 0 saturated heterocycles. The van der Waals surface area contributed by atoms with Crippen LogP contribution in [0.3, 0.4) is 0 Å². The van der Waals surface area contributed by atoms with E-state index in [1.54, 1.807) is 6.07 Å². The van der Waals surface area contributed by atoms with E-state index in [4.69, 9.17) is 0 Å². The molecule has 0 radical (unpaired) electrons. The van der Waals surface area contributed by atoms with Crippen LogP contribution in [-0.4, -0.2) is 19.0 Å².